The average Bonchev–Trinajstić information content (AvgIpc) is 3.19. The zero-order chi connectivity index (χ0) is 16.0. The van der Waals surface area contributed by atoms with Gasteiger partial charge >= 0.3 is 0 Å². The lowest BCUT2D eigenvalue weighted by Gasteiger charge is -2.32. The lowest BCUT2D eigenvalue weighted by molar-refractivity contribution is -0.137. The summed E-state index contributed by atoms with van der Waals surface area (Å²) in [6.07, 6.45) is 4.57. The molecule has 1 aromatic heterocycles. The number of carbonyl (C=O) groups excluding carboxylic acids is 1. The molecule has 4 atom stereocenters. The van der Waals surface area contributed by atoms with E-state index in [1.54, 1.807) is 0 Å². The molecule has 1 amide bonds. The lowest BCUT2D eigenvalue weighted by Crippen LogP contribution is -2.48. The number of nitrogens with zero attached hydrogens (tertiary/aromatic N) is 4. The largest absolute Gasteiger partial charge is 0.345 e. The van der Waals surface area contributed by atoms with Gasteiger partial charge in [0.25, 0.3) is 0 Å². The van der Waals surface area contributed by atoms with Crippen molar-refractivity contribution in [3.63, 3.8) is 0 Å². The molecule has 7 heteroatoms. The topological polar surface area (TPSA) is 75.4 Å². The van der Waals surface area contributed by atoms with Crippen molar-refractivity contribution in [2.24, 2.45) is 23.5 Å². The van der Waals surface area contributed by atoms with E-state index in [-0.39, 0.29) is 12.0 Å². The van der Waals surface area contributed by atoms with Crippen LogP contribution in [0, 0.1) is 24.7 Å². The maximum absolute atomic E-state index is 13.0. The minimum absolute atomic E-state index is 0.0732. The molecule has 6 nitrogen and oxygen atoms in total. The number of nitrogens with two attached hydrogens (primary N) is 1. The van der Waals surface area contributed by atoms with Gasteiger partial charge in [-0.15, -0.1) is 0 Å². The van der Waals surface area contributed by atoms with Crippen LogP contribution in [0.2, 0.25) is 0 Å². The summed E-state index contributed by atoms with van der Waals surface area (Å²) in [4.78, 5) is 21.8. The van der Waals surface area contributed by atoms with Crippen LogP contribution >= 0.6 is 11.5 Å². The number of amides is 1. The molecule has 1 aliphatic heterocycles. The average molecular weight is 335 g/mol. The number of fused-ring (bicyclic) bond motifs is 2. The summed E-state index contributed by atoms with van der Waals surface area (Å²) in [7, 11) is 0. The van der Waals surface area contributed by atoms with E-state index in [2.05, 4.69) is 19.2 Å². The molecule has 3 aliphatic rings. The van der Waals surface area contributed by atoms with Crippen LogP contribution in [0.3, 0.4) is 0 Å². The number of aryl methyl sites for hydroxylation is 1. The molecule has 126 valence electrons. The van der Waals surface area contributed by atoms with Gasteiger partial charge in [-0.05, 0) is 44.4 Å². The van der Waals surface area contributed by atoms with Gasteiger partial charge in [0.15, 0.2) is 0 Å². The SMILES string of the molecule is Cc1nsc(N2CCCN(C(=O)C3C4CCC(C4)C3N)CC2)n1. The van der Waals surface area contributed by atoms with Crippen molar-refractivity contribution in [3.8, 4) is 0 Å². The van der Waals surface area contributed by atoms with Gasteiger partial charge < -0.3 is 15.5 Å². The fourth-order valence-corrected chi connectivity index (χ4v) is 5.38. The van der Waals surface area contributed by atoms with E-state index in [4.69, 9.17) is 5.73 Å². The minimum Gasteiger partial charge on any atom is -0.345 e. The summed E-state index contributed by atoms with van der Waals surface area (Å²) in [5, 5.41) is 0.980. The molecule has 2 bridgehead atoms. The van der Waals surface area contributed by atoms with Crippen molar-refractivity contribution in [2.75, 3.05) is 31.1 Å². The molecule has 1 saturated heterocycles. The molecule has 2 saturated carbocycles. The van der Waals surface area contributed by atoms with Crippen molar-refractivity contribution >= 4 is 22.6 Å². The number of hydrogen-bond donors (Lipinski definition) is 1. The molecule has 4 rings (SSSR count). The van der Waals surface area contributed by atoms with Crippen molar-refractivity contribution in [1.82, 2.24) is 14.3 Å². The fraction of sp³-hybridized carbons (Fsp3) is 0.812. The number of hydrogen-bond acceptors (Lipinski definition) is 6. The zero-order valence-corrected chi connectivity index (χ0v) is 14.5. The fourth-order valence-electron chi connectivity index (χ4n) is 4.66. The summed E-state index contributed by atoms with van der Waals surface area (Å²) >= 11 is 1.45. The molecule has 2 N–H and O–H groups in total. The standard InChI is InChI=1S/C16H25N5OS/c1-10-18-16(23-19-10)21-6-2-5-20(7-8-21)15(22)13-11-3-4-12(9-11)14(13)17/h11-14H,2-9,17H2,1H3. The second-order valence-corrected chi connectivity index (χ2v) is 7.96. The van der Waals surface area contributed by atoms with Crippen molar-refractivity contribution in [3.05, 3.63) is 5.82 Å². The molecule has 23 heavy (non-hydrogen) atoms. The van der Waals surface area contributed by atoms with Gasteiger partial charge in [0, 0.05) is 43.8 Å². The highest BCUT2D eigenvalue weighted by atomic mass is 32.1. The second kappa shape index (κ2) is 6.02. The Labute approximate surface area is 141 Å². The third-order valence-electron chi connectivity index (χ3n) is 5.86. The predicted octanol–water partition coefficient (Wildman–Crippen LogP) is 1.26. The van der Waals surface area contributed by atoms with Crippen molar-refractivity contribution in [2.45, 2.75) is 38.6 Å². The first-order chi connectivity index (χ1) is 11.1. The van der Waals surface area contributed by atoms with Gasteiger partial charge in [-0.2, -0.15) is 4.37 Å². The number of rotatable bonds is 2. The normalized spacial score (nSPS) is 34.0. The van der Waals surface area contributed by atoms with E-state index in [1.165, 1.54) is 30.8 Å². The van der Waals surface area contributed by atoms with E-state index in [0.717, 1.165) is 43.6 Å². The molecule has 0 spiro atoms. The molecule has 4 unspecified atom stereocenters. The Hall–Kier alpha value is -1.21. The summed E-state index contributed by atoms with van der Waals surface area (Å²) in [5.74, 6) is 2.33. The van der Waals surface area contributed by atoms with E-state index < -0.39 is 0 Å². The first kappa shape index (κ1) is 15.3. The third-order valence-corrected chi connectivity index (χ3v) is 6.73. The number of carbonyl (C=O) groups is 1. The smallest absolute Gasteiger partial charge is 0.227 e. The molecule has 0 aromatic carbocycles. The Balaban J connectivity index is 1.41. The van der Waals surface area contributed by atoms with Crippen LogP contribution < -0.4 is 10.6 Å². The zero-order valence-electron chi connectivity index (χ0n) is 13.6. The van der Waals surface area contributed by atoms with Gasteiger partial charge in [0.2, 0.25) is 11.0 Å². The molecular weight excluding hydrogens is 310 g/mol. The molecule has 2 heterocycles. The van der Waals surface area contributed by atoms with E-state index >= 15 is 0 Å². The number of anilines is 1. The van der Waals surface area contributed by atoms with Crippen LogP contribution in [-0.2, 0) is 4.79 Å². The van der Waals surface area contributed by atoms with E-state index in [1.807, 2.05) is 6.92 Å². The van der Waals surface area contributed by atoms with Crippen LogP contribution in [0.1, 0.15) is 31.5 Å². The highest BCUT2D eigenvalue weighted by Crippen LogP contribution is 2.48. The summed E-state index contributed by atoms with van der Waals surface area (Å²) in [5.41, 5.74) is 6.36. The van der Waals surface area contributed by atoms with Gasteiger partial charge in [0.1, 0.15) is 5.82 Å². The second-order valence-electron chi connectivity index (χ2n) is 7.23. The monoisotopic (exact) mass is 335 g/mol. The Morgan fingerprint density at radius 3 is 2.74 bits per heavy atom. The molecular formula is C16H25N5OS. The predicted molar refractivity (Wildman–Crippen MR) is 90.4 cm³/mol. The van der Waals surface area contributed by atoms with Gasteiger partial charge in [-0.25, -0.2) is 4.98 Å². The van der Waals surface area contributed by atoms with E-state index in [0.29, 0.717) is 17.7 Å². The van der Waals surface area contributed by atoms with Gasteiger partial charge in [-0.1, -0.05) is 0 Å². The molecule has 2 aliphatic carbocycles. The molecule has 1 aromatic rings. The Morgan fingerprint density at radius 1 is 1.22 bits per heavy atom. The lowest BCUT2D eigenvalue weighted by atomic mass is 9.84. The van der Waals surface area contributed by atoms with Gasteiger partial charge in [-0.3, -0.25) is 4.79 Å². The third kappa shape index (κ3) is 2.74. The quantitative estimate of drug-likeness (QED) is 0.880. The van der Waals surface area contributed by atoms with Crippen LogP contribution in [0.15, 0.2) is 0 Å². The maximum Gasteiger partial charge on any atom is 0.227 e. The minimum atomic E-state index is 0.0732. The first-order valence-corrected chi connectivity index (χ1v) is 9.50. The summed E-state index contributed by atoms with van der Waals surface area (Å²) in [6, 6.07) is 0.0893. The van der Waals surface area contributed by atoms with Crippen LogP contribution in [0.25, 0.3) is 0 Å². The van der Waals surface area contributed by atoms with E-state index in [9.17, 15) is 4.79 Å². The van der Waals surface area contributed by atoms with Crippen LogP contribution in [0.4, 0.5) is 5.13 Å². The Morgan fingerprint density at radius 2 is 2.04 bits per heavy atom. The first-order valence-electron chi connectivity index (χ1n) is 8.73. The van der Waals surface area contributed by atoms with Crippen LogP contribution in [0.5, 0.6) is 0 Å². The summed E-state index contributed by atoms with van der Waals surface area (Å²) < 4.78 is 4.27. The maximum atomic E-state index is 13.0. The number of aromatic nitrogens is 2. The Bertz CT molecular complexity index is 589. The highest BCUT2D eigenvalue weighted by Gasteiger charge is 2.50. The van der Waals surface area contributed by atoms with Gasteiger partial charge in [0.05, 0.1) is 5.92 Å². The molecule has 3 fully saturated rings. The highest BCUT2D eigenvalue weighted by molar-refractivity contribution is 7.09. The van der Waals surface area contributed by atoms with Crippen molar-refractivity contribution in [1.29, 1.82) is 0 Å². The molecule has 0 radical (unpaired) electrons. The van der Waals surface area contributed by atoms with Crippen LogP contribution in [-0.4, -0.2) is 52.4 Å². The Kier molecular flexibility index (Phi) is 4.01. The van der Waals surface area contributed by atoms with Crippen molar-refractivity contribution < 1.29 is 4.79 Å². The summed E-state index contributed by atoms with van der Waals surface area (Å²) in [6.45, 7) is 5.33.